The number of amides is 2. The maximum atomic E-state index is 12.3. The monoisotopic (exact) mass is 376 g/mol. The molecule has 1 saturated heterocycles. The number of para-hydroxylation sites is 1. The van der Waals surface area contributed by atoms with Gasteiger partial charge in [0.25, 0.3) is 0 Å². The molecule has 7 nitrogen and oxygen atoms in total. The first kappa shape index (κ1) is 20.7. The van der Waals surface area contributed by atoms with Crippen molar-refractivity contribution in [1.29, 1.82) is 0 Å². The second-order valence-corrected chi connectivity index (χ2v) is 7.14. The number of carboxylic acids is 1. The van der Waals surface area contributed by atoms with E-state index in [4.69, 9.17) is 4.74 Å². The second kappa shape index (κ2) is 9.94. The zero-order valence-electron chi connectivity index (χ0n) is 15.9. The maximum Gasteiger partial charge on any atom is 0.326 e. The molecule has 27 heavy (non-hydrogen) atoms. The summed E-state index contributed by atoms with van der Waals surface area (Å²) in [7, 11) is 0. The number of hydrogen-bond acceptors (Lipinski definition) is 4. The molecule has 1 aromatic carbocycles. The van der Waals surface area contributed by atoms with E-state index in [2.05, 4.69) is 5.32 Å². The van der Waals surface area contributed by atoms with Crippen LogP contribution in [-0.2, 0) is 14.4 Å². The average Bonchev–Trinajstić information content (AvgIpc) is 2.66. The Morgan fingerprint density at radius 2 is 1.81 bits per heavy atom. The van der Waals surface area contributed by atoms with Gasteiger partial charge in [0.05, 0.1) is 13.0 Å². The van der Waals surface area contributed by atoms with Crippen LogP contribution in [0.25, 0.3) is 0 Å². The van der Waals surface area contributed by atoms with Gasteiger partial charge in [-0.2, -0.15) is 0 Å². The highest BCUT2D eigenvalue weighted by Crippen LogP contribution is 2.19. The zero-order chi connectivity index (χ0) is 19.8. The summed E-state index contributed by atoms with van der Waals surface area (Å²) < 4.78 is 5.55. The summed E-state index contributed by atoms with van der Waals surface area (Å²) in [6.07, 6.45) is 1.38. The van der Waals surface area contributed by atoms with Crippen molar-refractivity contribution in [2.24, 2.45) is 11.8 Å². The third-order valence-corrected chi connectivity index (χ3v) is 4.78. The summed E-state index contributed by atoms with van der Waals surface area (Å²) in [5.41, 5.74) is 0. The number of benzene rings is 1. The van der Waals surface area contributed by atoms with Crippen LogP contribution in [0, 0.1) is 11.8 Å². The van der Waals surface area contributed by atoms with E-state index in [0.717, 1.165) is 5.75 Å². The molecule has 1 aromatic rings. The Hall–Kier alpha value is -2.57. The van der Waals surface area contributed by atoms with Crippen molar-refractivity contribution in [3.8, 4) is 5.75 Å². The van der Waals surface area contributed by atoms with Gasteiger partial charge in [0.15, 0.2) is 0 Å². The number of aliphatic carboxylic acids is 1. The fraction of sp³-hybridized carbons (Fsp3) is 0.550. The van der Waals surface area contributed by atoms with Gasteiger partial charge in [0, 0.05) is 19.0 Å². The normalized spacial score (nSPS) is 16.0. The van der Waals surface area contributed by atoms with E-state index in [-0.39, 0.29) is 23.7 Å². The highest BCUT2D eigenvalue weighted by molar-refractivity contribution is 5.85. The molecule has 2 amide bonds. The molecule has 0 radical (unpaired) electrons. The lowest BCUT2D eigenvalue weighted by molar-refractivity contribution is -0.144. The van der Waals surface area contributed by atoms with Crippen LogP contribution < -0.4 is 10.1 Å². The number of nitrogens with zero attached hydrogens (tertiary/aromatic N) is 1. The van der Waals surface area contributed by atoms with Crippen molar-refractivity contribution < 1.29 is 24.2 Å². The van der Waals surface area contributed by atoms with Crippen molar-refractivity contribution in [3.05, 3.63) is 30.3 Å². The van der Waals surface area contributed by atoms with E-state index in [1.807, 2.05) is 30.3 Å². The van der Waals surface area contributed by atoms with Gasteiger partial charge in [-0.15, -0.1) is 0 Å². The molecule has 148 valence electrons. The molecule has 0 spiro atoms. The first-order valence-electron chi connectivity index (χ1n) is 9.37. The van der Waals surface area contributed by atoms with Crippen LogP contribution in [0.3, 0.4) is 0 Å². The van der Waals surface area contributed by atoms with E-state index in [0.29, 0.717) is 39.0 Å². The molecular formula is C20H28N2O5. The van der Waals surface area contributed by atoms with Crippen LogP contribution in [0.1, 0.15) is 33.1 Å². The van der Waals surface area contributed by atoms with Crippen molar-refractivity contribution in [2.75, 3.05) is 19.7 Å². The summed E-state index contributed by atoms with van der Waals surface area (Å²) in [5.74, 6) is -0.956. The Balaban J connectivity index is 1.73. The Morgan fingerprint density at radius 3 is 2.37 bits per heavy atom. The molecule has 1 atom stereocenters. The molecule has 1 fully saturated rings. The number of carboxylic acid groups (broad SMARTS) is 1. The Morgan fingerprint density at radius 1 is 1.19 bits per heavy atom. The number of ether oxygens (including phenoxy) is 1. The molecule has 2 N–H and O–H groups in total. The first-order valence-corrected chi connectivity index (χ1v) is 9.37. The minimum atomic E-state index is -1.02. The number of rotatable bonds is 8. The van der Waals surface area contributed by atoms with E-state index >= 15 is 0 Å². The minimum Gasteiger partial charge on any atom is -0.493 e. The number of hydrogen-bond donors (Lipinski definition) is 2. The van der Waals surface area contributed by atoms with Gasteiger partial charge in [-0.05, 0) is 30.9 Å². The smallest absolute Gasteiger partial charge is 0.326 e. The van der Waals surface area contributed by atoms with Gasteiger partial charge in [0.2, 0.25) is 11.8 Å². The summed E-state index contributed by atoms with van der Waals surface area (Å²) in [6, 6.07) is 8.46. The standard InChI is InChI=1S/C20H28N2O5/c1-14(2)18(20(25)26)21-19(24)15-8-11-22(12-9-15)17(23)10-13-27-16-6-4-3-5-7-16/h3-7,14-15,18H,8-13H2,1-2H3,(H,21,24)(H,25,26)/t18-/m0/s1. The van der Waals surface area contributed by atoms with Crippen LogP contribution >= 0.6 is 0 Å². The molecule has 0 unspecified atom stereocenters. The number of carbonyl (C=O) groups is 3. The predicted molar refractivity (Wildman–Crippen MR) is 100 cm³/mol. The molecule has 7 heteroatoms. The van der Waals surface area contributed by atoms with Gasteiger partial charge in [-0.1, -0.05) is 32.0 Å². The lowest BCUT2D eigenvalue weighted by atomic mass is 9.94. The third kappa shape index (κ3) is 6.27. The van der Waals surface area contributed by atoms with Crippen molar-refractivity contribution in [2.45, 2.75) is 39.2 Å². The lowest BCUT2D eigenvalue weighted by Gasteiger charge is -2.32. The van der Waals surface area contributed by atoms with Crippen molar-refractivity contribution >= 4 is 17.8 Å². The molecule has 1 aliphatic rings. The molecule has 0 saturated carbocycles. The van der Waals surface area contributed by atoms with Crippen LogP contribution in [0.15, 0.2) is 30.3 Å². The van der Waals surface area contributed by atoms with Crippen molar-refractivity contribution in [1.82, 2.24) is 10.2 Å². The highest BCUT2D eigenvalue weighted by Gasteiger charge is 2.31. The summed E-state index contributed by atoms with van der Waals surface area (Å²) in [5, 5.41) is 11.8. The van der Waals surface area contributed by atoms with Crippen LogP contribution in [0.5, 0.6) is 5.75 Å². The van der Waals surface area contributed by atoms with Crippen molar-refractivity contribution in [3.63, 3.8) is 0 Å². The molecular weight excluding hydrogens is 348 g/mol. The van der Waals surface area contributed by atoms with E-state index in [9.17, 15) is 19.5 Å². The third-order valence-electron chi connectivity index (χ3n) is 4.78. The van der Waals surface area contributed by atoms with E-state index in [1.54, 1.807) is 18.7 Å². The first-order chi connectivity index (χ1) is 12.9. The fourth-order valence-electron chi connectivity index (χ4n) is 3.11. The molecule has 0 aliphatic carbocycles. The highest BCUT2D eigenvalue weighted by atomic mass is 16.5. The molecule has 1 aliphatic heterocycles. The van der Waals surface area contributed by atoms with E-state index in [1.165, 1.54) is 0 Å². The topological polar surface area (TPSA) is 95.9 Å². The van der Waals surface area contributed by atoms with Gasteiger partial charge in [-0.3, -0.25) is 9.59 Å². The average molecular weight is 376 g/mol. The SMILES string of the molecule is CC(C)[C@H](NC(=O)C1CCN(C(=O)CCOc2ccccc2)CC1)C(=O)O. The summed E-state index contributed by atoms with van der Waals surface area (Å²) in [6.45, 7) is 4.84. The number of likely N-dealkylation sites (tertiary alicyclic amines) is 1. The predicted octanol–water partition coefficient (Wildman–Crippen LogP) is 1.92. The molecule has 0 aromatic heterocycles. The maximum absolute atomic E-state index is 12.3. The number of piperidine rings is 1. The van der Waals surface area contributed by atoms with Crippen LogP contribution in [0.4, 0.5) is 0 Å². The number of nitrogens with one attached hydrogen (secondary N) is 1. The minimum absolute atomic E-state index is 0.00961. The molecule has 2 rings (SSSR count). The Labute approximate surface area is 159 Å². The summed E-state index contributed by atoms with van der Waals surface area (Å²) >= 11 is 0. The molecule has 1 heterocycles. The molecule has 0 bridgehead atoms. The quantitative estimate of drug-likeness (QED) is 0.723. The summed E-state index contributed by atoms with van der Waals surface area (Å²) in [4.78, 5) is 37.6. The second-order valence-electron chi connectivity index (χ2n) is 7.14. The van der Waals surface area contributed by atoms with Gasteiger partial charge >= 0.3 is 5.97 Å². The Bertz CT molecular complexity index is 639. The van der Waals surface area contributed by atoms with E-state index < -0.39 is 12.0 Å². The van der Waals surface area contributed by atoms with Gasteiger partial charge < -0.3 is 20.1 Å². The van der Waals surface area contributed by atoms with Crippen LogP contribution in [0.2, 0.25) is 0 Å². The van der Waals surface area contributed by atoms with Gasteiger partial charge in [0.1, 0.15) is 11.8 Å². The zero-order valence-corrected chi connectivity index (χ0v) is 15.9. The largest absolute Gasteiger partial charge is 0.493 e. The fourth-order valence-corrected chi connectivity index (χ4v) is 3.11. The lowest BCUT2D eigenvalue weighted by Crippen LogP contribution is -2.49. The Kier molecular flexibility index (Phi) is 7.64. The number of carbonyl (C=O) groups excluding carboxylic acids is 2. The van der Waals surface area contributed by atoms with Gasteiger partial charge in [-0.25, -0.2) is 4.79 Å². The van der Waals surface area contributed by atoms with Crippen LogP contribution in [-0.4, -0.2) is 53.5 Å².